The molecule has 0 amide bonds. The fourth-order valence-corrected chi connectivity index (χ4v) is 5.90. The number of aromatic hydroxyl groups is 1. The van der Waals surface area contributed by atoms with Crippen molar-refractivity contribution >= 4 is 23.4 Å². The first-order valence-electron chi connectivity index (χ1n) is 13.4. The van der Waals surface area contributed by atoms with Crippen molar-refractivity contribution in [2.45, 2.75) is 31.6 Å². The fourth-order valence-electron chi connectivity index (χ4n) is 5.68. The van der Waals surface area contributed by atoms with Crippen LogP contribution in [0.15, 0.2) is 89.8 Å². The number of carbonyl (C=O) groups is 2. The lowest BCUT2D eigenvalue weighted by Crippen LogP contribution is -2.42. The van der Waals surface area contributed by atoms with Crippen molar-refractivity contribution in [3.05, 3.63) is 111 Å². The fraction of sp³-hybridized carbons (Fsp3) is 0.273. The number of Topliss-reactive ketones (excluding diaryl/α,β-unsaturated/α-hetero) is 1. The van der Waals surface area contributed by atoms with Gasteiger partial charge in [-0.2, -0.15) is 0 Å². The number of fused-ring (bicyclic) bond motifs is 1. The topological polar surface area (TPSA) is 94.1 Å². The molecule has 5 rings (SSSR count). The van der Waals surface area contributed by atoms with Crippen LogP contribution in [0.5, 0.6) is 17.2 Å². The molecule has 3 unspecified atom stereocenters. The van der Waals surface area contributed by atoms with Crippen LogP contribution in [0.25, 0.3) is 0 Å². The molecule has 0 fully saturated rings. The van der Waals surface area contributed by atoms with Gasteiger partial charge in [-0.3, -0.25) is 4.79 Å². The van der Waals surface area contributed by atoms with Crippen LogP contribution in [0, 0.1) is 5.92 Å². The van der Waals surface area contributed by atoms with Gasteiger partial charge in [0, 0.05) is 36.1 Å². The molecule has 212 valence electrons. The van der Waals surface area contributed by atoms with Crippen LogP contribution in [0.3, 0.4) is 0 Å². The highest BCUT2D eigenvalue weighted by Crippen LogP contribution is 2.48. The average molecular weight is 574 g/mol. The Morgan fingerprint density at radius 1 is 1.00 bits per heavy atom. The van der Waals surface area contributed by atoms with Gasteiger partial charge < -0.3 is 24.6 Å². The zero-order valence-electron chi connectivity index (χ0n) is 23.1. The van der Waals surface area contributed by atoms with Crippen molar-refractivity contribution < 1.29 is 28.9 Å². The number of ether oxygens (including phenoxy) is 3. The zero-order chi connectivity index (χ0) is 29.1. The molecule has 2 N–H and O–H groups in total. The van der Waals surface area contributed by atoms with Crippen molar-refractivity contribution in [1.29, 1.82) is 0 Å². The molecule has 2 aliphatic rings. The van der Waals surface area contributed by atoms with E-state index < -0.39 is 17.8 Å². The van der Waals surface area contributed by atoms with Gasteiger partial charge in [0.2, 0.25) is 0 Å². The number of allylic oxidation sites excluding steroid dienone is 3. The maximum absolute atomic E-state index is 13.9. The molecular formula is C33H32ClNO6. The third kappa shape index (κ3) is 5.81. The number of carbonyl (C=O) groups excluding carboxylic acids is 2. The van der Waals surface area contributed by atoms with Gasteiger partial charge in [0.15, 0.2) is 11.5 Å². The van der Waals surface area contributed by atoms with Gasteiger partial charge >= 0.3 is 5.97 Å². The van der Waals surface area contributed by atoms with E-state index in [4.69, 9.17) is 25.8 Å². The van der Waals surface area contributed by atoms with Crippen molar-refractivity contribution in [2.24, 2.45) is 5.92 Å². The number of nitrogens with one attached hydrogen (secondary N) is 1. The monoisotopic (exact) mass is 573 g/mol. The highest BCUT2D eigenvalue weighted by Gasteiger charge is 2.45. The maximum Gasteiger partial charge on any atom is 0.336 e. The molecule has 0 radical (unpaired) electrons. The molecule has 0 saturated heterocycles. The van der Waals surface area contributed by atoms with E-state index in [0.717, 1.165) is 16.9 Å². The normalized spacial score (nSPS) is 20.0. The van der Waals surface area contributed by atoms with E-state index in [2.05, 4.69) is 11.4 Å². The lowest BCUT2D eigenvalue weighted by atomic mass is 9.68. The van der Waals surface area contributed by atoms with Crippen molar-refractivity contribution in [3.8, 4) is 17.2 Å². The number of rotatable bonds is 8. The van der Waals surface area contributed by atoms with Gasteiger partial charge in [-0.15, -0.1) is 0 Å². The summed E-state index contributed by atoms with van der Waals surface area (Å²) < 4.78 is 16.4. The summed E-state index contributed by atoms with van der Waals surface area (Å²) in [6, 6.07) is 20.6. The van der Waals surface area contributed by atoms with Crippen LogP contribution < -0.4 is 14.8 Å². The average Bonchev–Trinajstić information content (AvgIpc) is 2.98. The predicted octanol–water partition coefficient (Wildman–Crippen LogP) is 6.07. The molecule has 1 heterocycles. The molecule has 3 atom stereocenters. The standard InChI is InChI=1S/C33H32ClNO6/c1-19-29(33(38)41-14-13-20-7-5-4-6-8-20)30(23-15-25(34)32(37)28(18-23)40-3)31-26(35-19)16-22(17-27(31)36)21-9-11-24(39-2)12-10-21/h4-12,15-16,18,22,30-31,35,37H,13-14,17H2,1-3H3. The Morgan fingerprint density at radius 3 is 2.41 bits per heavy atom. The summed E-state index contributed by atoms with van der Waals surface area (Å²) >= 11 is 6.38. The van der Waals surface area contributed by atoms with E-state index >= 15 is 0 Å². The molecule has 3 aromatic rings. The molecule has 3 aromatic carbocycles. The predicted molar refractivity (Wildman–Crippen MR) is 156 cm³/mol. The molecule has 1 aliphatic carbocycles. The number of hydrogen-bond acceptors (Lipinski definition) is 7. The Morgan fingerprint density at radius 2 is 1.73 bits per heavy atom. The third-order valence-corrected chi connectivity index (χ3v) is 8.01. The smallest absolute Gasteiger partial charge is 0.336 e. The van der Waals surface area contributed by atoms with E-state index in [0.29, 0.717) is 29.0 Å². The number of ketones is 1. The Bertz CT molecular complexity index is 1510. The minimum absolute atomic E-state index is 0.0222. The van der Waals surface area contributed by atoms with Crippen LogP contribution in [-0.2, 0) is 20.7 Å². The molecule has 7 nitrogen and oxygen atoms in total. The molecule has 0 aromatic heterocycles. The van der Waals surface area contributed by atoms with Crippen molar-refractivity contribution in [3.63, 3.8) is 0 Å². The number of hydrogen-bond donors (Lipinski definition) is 2. The Kier molecular flexibility index (Phi) is 8.36. The largest absolute Gasteiger partial charge is 0.503 e. The highest BCUT2D eigenvalue weighted by molar-refractivity contribution is 6.32. The summed E-state index contributed by atoms with van der Waals surface area (Å²) in [4.78, 5) is 27.5. The van der Waals surface area contributed by atoms with Crippen LogP contribution in [0.2, 0.25) is 5.02 Å². The minimum Gasteiger partial charge on any atom is -0.503 e. The van der Waals surface area contributed by atoms with Gasteiger partial charge in [-0.25, -0.2) is 4.79 Å². The van der Waals surface area contributed by atoms with Gasteiger partial charge in [0.25, 0.3) is 0 Å². The van der Waals surface area contributed by atoms with Crippen LogP contribution >= 0.6 is 11.6 Å². The van der Waals surface area contributed by atoms with Gasteiger partial charge in [-0.05, 0) is 47.9 Å². The molecular weight excluding hydrogens is 542 g/mol. The lowest BCUT2D eigenvalue weighted by Gasteiger charge is -2.39. The van der Waals surface area contributed by atoms with Gasteiger partial charge in [-0.1, -0.05) is 60.1 Å². The summed E-state index contributed by atoms with van der Waals surface area (Å²) in [5.41, 5.74) is 4.28. The summed E-state index contributed by atoms with van der Waals surface area (Å²) in [6.45, 7) is 1.99. The van der Waals surface area contributed by atoms with Crippen molar-refractivity contribution in [1.82, 2.24) is 5.32 Å². The van der Waals surface area contributed by atoms with Gasteiger partial charge in [0.05, 0.1) is 37.3 Å². The molecule has 0 bridgehead atoms. The van der Waals surface area contributed by atoms with E-state index in [1.54, 1.807) is 26.2 Å². The zero-order valence-corrected chi connectivity index (χ0v) is 23.9. The number of benzene rings is 3. The summed E-state index contributed by atoms with van der Waals surface area (Å²) in [5.74, 6) is -1.34. The first-order valence-corrected chi connectivity index (χ1v) is 13.8. The van der Waals surface area contributed by atoms with E-state index in [1.807, 2.05) is 54.6 Å². The third-order valence-electron chi connectivity index (χ3n) is 7.72. The van der Waals surface area contributed by atoms with Crippen LogP contribution in [0.1, 0.15) is 41.9 Å². The van der Waals surface area contributed by atoms with E-state index in [-0.39, 0.29) is 41.3 Å². The molecule has 8 heteroatoms. The number of halogens is 1. The van der Waals surface area contributed by atoms with E-state index in [1.165, 1.54) is 7.11 Å². The van der Waals surface area contributed by atoms with Crippen LogP contribution in [0.4, 0.5) is 0 Å². The highest BCUT2D eigenvalue weighted by atomic mass is 35.5. The van der Waals surface area contributed by atoms with E-state index in [9.17, 15) is 14.7 Å². The summed E-state index contributed by atoms with van der Waals surface area (Å²) in [7, 11) is 3.04. The molecule has 0 saturated carbocycles. The lowest BCUT2D eigenvalue weighted by molar-refractivity contribution is -0.139. The van der Waals surface area contributed by atoms with Crippen molar-refractivity contribution in [2.75, 3.05) is 20.8 Å². The van der Waals surface area contributed by atoms with Crippen LogP contribution in [-0.4, -0.2) is 37.7 Å². The SMILES string of the molecule is COc1ccc(C2C=C3NC(C)=C(C(=O)OCCc4ccccc4)C(c4cc(Cl)c(O)c(OC)c4)C3C(=O)C2)cc1. The quantitative estimate of drug-likeness (QED) is 0.316. The second-order valence-electron chi connectivity index (χ2n) is 10.2. The maximum atomic E-state index is 13.9. The molecule has 41 heavy (non-hydrogen) atoms. The summed E-state index contributed by atoms with van der Waals surface area (Å²) in [6.07, 6.45) is 2.88. The number of phenolic OH excluding ortho intramolecular Hbond substituents is 1. The Labute approximate surface area is 244 Å². The van der Waals surface area contributed by atoms with Gasteiger partial charge in [0.1, 0.15) is 11.5 Å². The second kappa shape index (κ2) is 12.1. The second-order valence-corrected chi connectivity index (χ2v) is 10.6. The molecule has 1 aliphatic heterocycles. The summed E-state index contributed by atoms with van der Waals surface area (Å²) in [5, 5.41) is 13.8. The Balaban J connectivity index is 1.53. The molecule has 0 spiro atoms. The Hall–Kier alpha value is -4.23. The first kappa shape index (κ1) is 28.3. The number of esters is 1. The first-order chi connectivity index (χ1) is 19.8. The number of methoxy groups -OCH3 is 2. The minimum atomic E-state index is -0.692. The number of phenols is 1.